The highest BCUT2D eigenvalue weighted by molar-refractivity contribution is 6.01. The molecule has 0 radical (unpaired) electrons. The van der Waals surface area contributed by atoms with Crippen molar-refractivity contribution >= 4 is 16.8 Å². The summed E-state index contributed by atoms with van der Waals surface area (Å²) < 4.78 is 13.5. The number of H-pyrrole nitrogens is 1. The van der Waals surface area contributed by atoms with Crippen LogP contribution in [0.1, 0.15) is 35.5 Å². The third-order valence-corrected chi connectivity index (χ3v) is 4.31. The summed E-state index contributed by atoms with van der Waals surface area (Å²) in [6.45, 7) is 6.39. The summed E-state index contributed by atoms with van der Waals surface area (Å²) in [5.41, 5.74) is 3.17. The number of aryl methyl sites for hydroxylation is 1. The molecule has 0 saturated carbocycles. The topological polar surface area (TPSA) is 36.1 Å². The monoisotopic (exact) mass is 324 g/mol. The van der Waals surface area contributed by atoms with Gasteiger partial charge in [0.2, 0.25) is 0 Å². The second-order valence-electron chi connectivity index (χ2n) is 6.33. The third-order valence-electron chi connectivity index (χ3n) is 4.31. The highest BCUT2D eigenvalue weighted by Gasteiger charge is 2.23. The summed E-state index contributed by atoms with van der Waals surface area (Å²) >= 11 is 0. The summed E-state index contributed by atoms with van der Waals surface area (Å²) in [5, 5.41) is 0.752. The number of halogens is 1. The van der Waals surface area contributed by atoms with Gasteiger partial charge in [-0.25, -0.2) is 4.39 Å². The van der Waals surface area contributed by atoms with Crippen LogP contribution in [0, 0.1) is 12.7 Å². The maximum absolute atomic E-state index is 13.5. The smallest absolute Gasteiger partial charge is 0.271 e. The van der Waals surface area contributed by atoms with E-state index in [1.54, 1.807) is 6.07 Å². The van der Waals surface area contributed by atoms with E-state index in [-0.39, 0.29) is 17.8 Å². The van der Waals surface area contributed by atoms with Crippen molar-refractivity contribution in [1.29, 1.82) is 0 Å². The molecule has 1 amide bonds. The van der Waals surface area contributed by atoms with Gasteiger partial charge in [0.05, 0.1) is 0 Å². The first-order chi connectivity index (χ1) is 11.5. The maximum atomic E-state index is 13.5. The highest BCUT2D eigenvalue weighted by atomic mass is 19.1. The van der Waals surface area contributed by atoms with Gasteiger partial charge in [0.25, 0.3) is 5.91 Å². The van der Waals surface area contributed by atoms with Crippen LogP contribution in [0.15, 0.2) is 48.5 Å². The van der Waals surface area contributed by atoms with Gasteiger partial charge in [0.15, 0.2) is 0 Å². The zero-order valence-electron chi connectivity index (χ0n) is 14.1. The zero-order chi connectivity index (χ0) is 17.3. The molecule has 0 atom stereocenters. The minimum absolute atomic E-state index is 0.0558. The minimum Gasteiger partial charge on any atom is -0.350 e. The van der Waals surface area contributed by atoms with E-state index in [2.05, 4.69) is 4.98 Å². The van der Waals surface area contributed by atoms with Crippen LogP contribution >= 0.6 is 0 Å². The fourth-order valence-electron chi connectivity index (χ4n) is 2.93. The van der Waals surface area contributed by atoms with Gasteiger partial charge >= 0.3 is 0 Å². The van der Waals surface area contributed by atoms with Gasteiger partial charge in [-0.2, -0.15) is 0 Å². The van der Waals surface area contributed by atoms with Crippen molar-refractivity contribution in [2.75, 3.05) is 0 Å². The molecule has 3 rings (SSSR count). The Morgan fingerprint density at radius 1 is 1.17 bits per heavy atom. The molecule has 0 aliphatic rings. The van der Waals surface area contributed by atoms with Crippen molar-refractivity contribution in [3.8, 4) is 0 Å². The summed E-state index contributed by atoms with van der Waals surface area (Å²) in [7, 11) is 0. The molecule has 0 fully saturated rings. The lowest BCUT2D eigenvalue weighted by Crippen LogP contribution is -2.36. The molecule has 1 heterocycles. The number of carbonyl (C=O) groups excluding carboxylic acids is 1. The molecule has 24 heavy (non-hydrogen) atoms. The Hall–Kier alpha value is -2.62. The lowest BCUT2D eigenvalue weighted by atomic mass is 10.1. The first-order valence-electron chi connectivity index (χ1n) is 8.10. The number of hydrogen-bond donors (Lipinski definition) is 1. The van der Waals surface area contributed by atoms with E-state index in [0.29, 0.717) is 12.2 Å². The molecule has 0 aliphatic heterocycles. The number of rotatable bonds is 4. The van der Waals surface area contributed by atoms with Crippen molar-refractivity contribution in [1.82, 2.24) is 9.88 Å². The van der Waals surface area contributed by atoms with Crippen molar-refractivity contribution in [3.05, 3.63) is 71.2 Å². The summed E-state index contributed by atoms with van der Waals surface area (Å²) in [6.07, 6.45) is 0. The second-order valence-corrected chi connectivity index (χ2v) is 6.33. The molecule has 0 aliphatic carbocycles. The van der Waals surface area contributed by atoms with Gasteiger partial charge in [0.1, 0.15) is 11.5 Å². The summed E-state index contributed by atoms with van der Waals surface area (Å²) in [6, 6.07) is 14.5. The number of amides is 1. The molecular formula is C20H21FN2O. The van der Waals surface area contributed by atoms with Gasteiger partial charge < -0.3 is 9.88 Å². The molecule has 3 aromatic rings. The molecule has 0 bridgehead atoms. The fraction of sp³-hybridized carbons (Fsp3) is 0.250. The Labute approximate surface area is 141 Å². The van der Waals surface area contributed by atoms with Crippen LogP contribution in [0.25, 0.3) is 10.9 Å². The number of nitrogens with one attached hydrogen (secondary N) is 1. The van der Waals surface area contributed by atoms with E-state index >= 15 is 0 Å². The van der Waals surface area contributed by atoms with Crippen LogP contribution in [0.2, 0.25) is 0 Å². The third kappa shape index (κ3) is 3.04. The van der Waals surface area contributed by atoms with Crippen molar-refractivity contribution in [3.63, 3.8) is 0 Å². The lowest BCUT2D eigenvalue weighted by molar-refractivity contribution is 0.0684. The molecule has 3 nitrogen and oxygen atoms in total. The van der Waals surface area contributed by atoms with Gasteiger partial charge in [-0.1, -0.05) is 30.3 Å². The SMILES string of the molecule is Cc1c(C(=O)N(Cc2ccccc2)C(C)C)[nH]c2ccc(F)cc12. The van der Waals surface area contributed by atoms with Crippen molar-refractivity contribution in [2.24, 2.45) is 0 Å². The minimum atomic E-state index is -0.298. The number of aromatic nitrogens is 1. The molecule has 1 aromatic heterocycles. The standard InChI is InChI=1S/C20H21FN2O/c1-13(2)23(12-15-7-5-4-6-8-15)20(24)19-14(3)17-11-16(21)9-10-18(17)22-19/h4-11,13,22H,12H2,1-3H3. The van der Waals surface area contributed by atoms with E-state index in [4.69, 9.17) is 0 Å². The van der Waals surface area contributed by atoms with Gasteiger partial charge in [-0.3, -0.25) is 4.79 Å². The van der Waals surface area contributed by atoms with Crippen LogP contribution in [0.4, 0.5) is 4.39 Å². The Morgan fingerprint density at radius 2 is 1.88 bits per heavy atom. The second kappa shape index (κ2) is 6.48. The molecule has 4 heteroatoms. The van der Waals surface area contributed by atoms with Crippen LogP contribution in [-0.4, -0.2) is 21.8 Å². The average molecular weight is 324 g/mol. The van der Waals surface area contributed by atoms with Gasteiger partial charge in [-0.05, 0) is 50.1 Å². The molecule has 0 unspecified atom stereocenters. The van der Waals surface area contributed by atoms with E-state index < -0.39 is 0 Å². The Kier molecular flexibility index (Phi) is 4.38. The molecule has 2 aromatic carbocycles. The van der Waals surface area contributed by atoms with E-state index in [1.807, 2.05) is 56.0 Å². The fourth-order valence-corrected chi connectivity index (χ4v) is 2.93. The zero-order valence-corrected chi connectivity index (χ0v) is 14.1. The predicted octanol–water partition coefficient (Wildman–Crippen LogP) is 4.67. The maximum Gasteiger partial charge on any atom is 0.271 e. The van der Waals surface area contributed by atoms with Crippen LogP contribution in [0.5, 0.6) is 0 Å². The normalized spacial score (nSPS) is 11.2. The van der Waals surface area contributed by atoms with Crippen LogP contribution in [-0.2, 0) is 6.54 Å². The summed E-state index contributed by atoms with van der Waals surface area (Å²) in [5.74, 6) is -0.364. The number of nitrogens with zero attached hydrogens (tertiary/aromatic N) is 1. The Morgan fingerprint density at radius 3 is 2.54 bits per heavy atom. The van der Waals surface area contributed by atoms with Crippen LogP contribution < -0.4 is 0 Å². The molecular weight excluding hydrogens is 303 g/mol. The Bertz CT molecular complexity index is 868. The first-order valence-corrected chi connectivity index (χ1v) is 8.10. The number of hydrogen-bond acceptors (Lipinski definition) is 1. The number of benzene rings is 2. The molecule has 1 N–H and O–H groups in total. The first kappa shape index (κ1) is 16.2. The average Bonchev–Trinajstić information content (AvgIpc) is 2.89. The van der Waals surface area contributed by atoms with Crippen molar-refractivity contribution < 1.29 is 9.18 Å². The van der Waals surface area contributed by atoms with Crippen molar-refractivity contribution in [2.45, 2.75) is 33.4 Å². The quantitative estimate of drug-likeness (QED) is 0.744. The predicted molar refractivity (Wildman–Crippen MR) is 94.4 cm³/mol. The number of aromatic amines is 1. The lowest BCUT2D eigenvalue weighted by Gasteiger charge is -2.27. The van der Waals surface area contributed by atoms with Gasteiger partial charge in [0, 0.05) is 23.5 Å². The largest absolute Gasteiger partial charge is 0.350 e. The molecule has 0 spiro atoms. The molecule has 124 valence electrons. The van der Waals surface area contributed by atoms with Crippen LogP contribution in [0.3, 0.4) is 0 Å². The highest BCUT2D eigenvalue weighted by Crippen LogP contribution is 2.24. The van der Waals surface area contributed by atoms with E-state index in [9.17, 15) is 9.18 Å². The van der Waals surface area contributed by atoms with E-state index in [1.165, 1.54) is 12.1 Å². The van der Waals surface area contributed by atoms with E-state index in [0.717, 1.165) is 22.0 Å². The number of fused-ring (bicyclic) bond motifs is 1. The summed E-state index contributed by atoms with van der Waals surface area (Å²) in [4.78, 5) is 18.0. The van der Waals surface area contributed by atoms with Gasteiger partial charge in [-0.15, -0.1) is 0 Å². The number of carbonyl (C=O) groups is 1. The Balaban J connectivity index is 1.97. The molecule has 0 saturated heterocycles.